The Morgan fingerprint density at radius 3 is 2.31 bits per heavy atom. The number of ether oxygens (including phenoxy) is 1. The molecule has 0 atom stereocenters. The molecule has 0 heterocycles. The van der Waals surface area contributed by atoms with Gasteiger partial charge < -0.3 is 9.64 Å². The first-order valence-corrected chi connectivity index (χ1v) is 8.78. The maximum atomic E-state index is 12.2. The van der Waals surface area contributed by atoms with E-state index in [1.54, 1.807) is 31.3 Å². The molecule has 5 heteroatoms. The van der Waals surface area contributed by atoms with Crippen LogP contribution in [0.15, 0.2) is 48.5 Å². The van der Waals surface area contributed by atoms with Crippen LogP contribution < -0.4 is 9.64 Å². The number of halogens is 1. The van der Waals surface area contributed by atoms with Gasteiger partial charge in [0.2, 0.25) is 0 Å². The van der Waals surface area contributed by atoms with E-state index in [4.69, 9.17) is 16.3 Å². The highest BCUT2D eigenvalue weighted by Gasteiger charge is 2.13. The number of anilines is 1. The van der Waals surface area contributed by atoms with E-state index in [0.717, 1.165) is 30.6 Å². The van der Waals surface area contributed by atoms with Crippen LogP contribution in [0.5, 0.6) is 5.75 Å². The first-order valence-electron chi connectivity index (χ1n) is 8.40. The summed E-state index contributed by atoms with van der Waals surface area (Å²) in [5.41, 5.74) is 1.67. The summed E-state index contributed by atoms with van der Waals surface area (Å²) in [5.74, 6) is 6.77. The molecule has 136 valence electrons. The molecule has 0 saturated heterocycles. The van der Waals surface area contributed by atoms with Crippen molar-refractivity contribution in [1.82, 2.24) is 4.90 Å². The lowest BCUT2D eigenvalue weighted by Crippen LogP contribution is -2.29. The summed E-state index contributed by atoms with van der Waals surface area (Å²) in [6.45, 7) is 1.04. The third-order valence-electron chi connectivity index (χ3n) is 3.69. The van der Waals surface area contributed by atoms with E-state index < -0.39 is 6.09 Å². The van der Waals surface area contributed by atoms with Gasteiger partial charge in [0.05, 0.1) is 0 Å². The lowest BCUT2D eigenvalue weighted by molar-refractivity contribution is 0.209. The second-order valence-electron chi connectivity index (χ2n) is 6.14. The van der Waals surface area contributed by atoms with Crippen molar-refractivity contribution in [3.05, 3.63) is 59.1 Å². The number of benzene rings is 2. The van der Waals surface area contributed by atoms with Crippen molar-refractivity contribution in [2.75, 3.05) is 32.6 Å². The number of amides is 1. The second kappa shape index (κ2) is 9.86. The van der Waals surface area contributed by atoms with Gasteiger partial charge in [-0.05, 0) is 75.6 Å². The number of hydrogen-bond acceptors (Lipinski definition) is 3. The predicted octanol–water partition coefficient (Wildman–Crippen LogP) is 4.67. The van der Waals surface area contributed by atoms with Gasteiger partial charge in [-0.15, -0.1) is 0 Å². The van der Waals surface area contributed by atoms with Crippen molar-refractivity contribution in [3.63, 3.8) is 0 Å². The molecule has 0 radical (unpaired) electrons. The first kappa shape index (κ1) is 19.8. The Balaban J connectivity index is 1.91. The van der Waals surface area contributed by atoms with Gasteiger partial charge >= 0.3 is 6.09 Å². The molecule has 0 fully saturated rings. The molecule has 0 spiro atoms. The summed E-state index contributed by atoms with van der Waals surface area (Å²) in [6, 6.07) is 14.2. The topological polar surface area (TPSA) is 32.8 Å². The Labute approximate surface area is 160 Å². The zero-order valence-electron chi connectivity index (χ0n) is 15.3. The van der Waals surface area contributed by atoms with Gasteiger partial charge in [-0.1, -0.05) is 23.4 Å². The van der Waals surface area contributed by atoms with Crippen LogP contribution in [0.25, 0.3) is 0 Å². The molecule has 4 nitrogen and oxygen atoms in total. The lowest BCUT2D eigenvalue weighted by Gasteiger charge is -2.17. The zero-order chi connectivity index (χ0) is 18.9. The fourth-order valence-corrected chi connectivity index (χ4v) is 2.32. The van der Waals surface area contributed by atoms with Crippen LogP contribution in [0, 0.1) is 11.8 Å². The van der Waals surface area contributed by atoms with Crippen molar-refractivity contribution >= 4 is 23.4 Å². The number of carbonyl (C=O) groups is 1. The fraction of sp³-hybridized carbons (Fsp3) is 0.286. The van der Waals surface area contributed by atoms with Crippen LogP contribution in [0.1, 0.15) is 18.4 Å². The Morgan fingerprint density at radius 2 is 1.69 bits per heavy atom. The molecule has 0 unspecified atom stereocenters. The van der Waals surface area contributed by atoms with E-state index in [-0.39, 0.29) is 0 Å². The highest BCUT2D eigenvalue weighted by atomic mass is 35.5. The average molecular weight is 371 g/mol. The number of hydrogen-bond donors (Lipinski definition) is 0. The molecule has 0 saturated carbocycles. The van der Waals surface area contributed by atoms with Crippen LogP contribution in [-0.4, -0.2) is 38.7 Å². The molecule has 2 aromatic rings. The van der Waals surface area contributed by atoms with Crippen molar-refractivity contribution < 1.29 is 9.53 Å². The van der Waals surface area contributed by atoms with Gasteiger partial charge in [-0.2, -0.15) is 0 Å². The van der Waals surface area contributed by atoms with Crippen molar-refractivity contribution in [3.8, 4) is 17.6 Å². The van der Waals surface area contributed by atoms with Crippen molar-refractivity contribution in [2.24, 2.45) is 0 Å². The molecule has 2 aromatic carbocycles. The second-order valence-corrected chi connectivity index (χ2v) is 6.57. The van der Waals surface area contributed by atoms with Gasteiger partial charge in [0.1, 0.15) is 5.75 Å². The Bertz CT molecular complexity index is 774. The third-order valence-corrected chi connectivity index (χ3v) is 3.94. The van der Waals surface area contributed by atoms with Crippen LogP contribution in [0.3, 0.4) is 0 Å². The Hall–Kier alpha value is -2.48. The lowest BCUT2D eigenvalue weighted by atomic mass is 10.2. The van der Waals surface area contributed by atoms with E-state index in [1.807, 2.05) is 24.3 Å². The highest BCUT2D eigenvalue weighted by Crippen LogP contribution is 2.19. The van der Waals surface area contributed by atoms with Gasteiger partial charge in [0, 0.05) is 29.7 Å². The minimum atomic E-state index is -0.463. The van der Waals surface area contributed by atoms with Gasteiger partial charge in [-0.25, -0.2) is 4.79 Å². The molecule has 0 aliphatic rings. The van der Waals surface area contributed by atoms with Gasteiger partial charge in [-0.3, -0.25) is 4.90 Å². The van der Waals surface area contributed by atoms with Gasteiger partial charge in [0.25, 0.3) is 0 Å². The minimum Gasteiger partial charge on any atom is -0.410 e. The number of carbonyl (C=O) groups excluding carboxylic acids is 1. The van der Waals surface area contributed by atoms with Crippen molar-refractivity contribution in [1.29, 1.82) is 0 Å². The van der Waals surface area contributed by atoms with E-state index in [9.17, 15) is 4.79 Å². The summed E-state index contributed by atoms with van der Waals surface area (Å²) < 4.78 is 5.32. The minimum absolute atomic E-state index is 0.450. The Morgan fingerprint density at radius 1 is 1.04 bits per heavy atom. The number of unbranched alkanes of at least 4 members (excludes halogenated alkanes) is 1. The van der Waals surface area contributed by atoms with Crippen LogP contribution in [0.4, 0.5) is 10.5 Å². The monoisotopic (exact) mass is 370 g/mol. The molecule has 0 aliphatic heterocycles. The quantitative estimate of drug-likeness (QED) is 0.566. The van der Waals surface area contributed by atoms with Gasteiger partial charge in [0.15, 0.2) is 0 Å². The first-order chi connectivity index (χ1) is 12.5. The normalized spacial score (nSPS) is 10.2. The highest BCUT2D eigenvalue weighted by molar-refractivity contribution is 6.30. The summed E-state index contributed by atoms with van der Waals surface area (Å²) in [4.78, 5) is 15.8. The summed E-state index contributed by atoms with van der Waals surface area (Å²) >= 11 is 5.82. The summed E-state index contributed by atoms with van der Waals surface area (Å²) in [7, 11) is 5.78. The number of rotatable bonds is 5. The van der Waals surface area contributed by atoms with Crippen LogP contribution in [0.2, 0.25) is 5.02 Å². The van der Waals surface area contributed by atoms with E-state index >= 15 is 0 Å². The molecular formula is C21H23ClN2O2. The standard InChI is InChI=1S/C21H23ClN2O2/c1-23(2)16-6-4-5-7-17-8-12-19(13-9-17)24(3)21(25)26-20-14-10-18(22)11-15-20/h8-15H,4,6,16H2,1-3H3. The van der Waals surface area contributed by atoms with E-state index in [2.05, 4.69) is 30.8 Å². The Kier molecular flexibility index (Phi) is 7.53. The SMILES string of the molecule is CN(C)CCCC#Cc1ccc(N(C)C(=O)Oc2ccc(Cl)cc2)cc1. The zero-order valence-corrected chi connectivity index (χ0v) is 16.1. The molecule has 0 bridgehead atoms. The maximum Gasteiger partial charge on any atom is 0.419 e. The van der Waals surface area contributed by atoms with Crippen LogP contribution in [-0.2, 0) is 0 Å². The fourth-order valence-electron chi connectivity index (χ4n) is 2.19. The number of nitrogens with zero attached hydrogens (tertiary/aromatic N) is 2. The molecule has 0 N–H and O–H groups in total. The average Bonchev–Trinajstić information content (AvgIpc) is 2.63. The molecule has 1 amide bonds. The molecule has 0 aliphatic carbocycles. The predicted molar refractivity (Wildman–Crippen MR) is 107 cm³/mol. The molecule has 0 aromatic heterocycles. The van der Waals surface area contributed by atoms with Crippen molar-refractivity contribution in [2.45, 2.75) is 12.8 Å². The largest absolute Gasteiger partial charge is 0.419 e. The van der Waals surface area contributed by atoms with E-state index in [1.165, 1.54) is 4.90 Å². The smallest absolute Gasteiger partial charge is 0.410 e. The molecule has 2 rings (SSSR count). The summed E-state index contributed by atoms with van der Waals surface area (Å²) in [5, 5.41) is 0.594. The third kappa shape index (κ3) is 6.44. The van der Waals surface area contributed by atoms with Crippen LogP contribution >= 0.6 is 11.6 Å². The molecule has 26 heavy (non-hydrogen) atoms. The maximum absolute atomic E-state index is 12.2. The van der Waals surface area contributed by atoms with E-state index in [0.29, 0.717) is 10.8 Å². The molecular weight excluding hydrogens is 348 g/mol. The summed E-state index contributed by atoms with van der Waals surface area (Å²) in [6.07, 6.45) is 1.46.